The van der Waals surface area contributed by atoms with Crippen LogP contribution in [0.25, 0.3) is 0 Å². The molecule has 7 nitrogen and oxygen atoms in total. The summed E-state index contributed by atoms with van der Waals surface area (Å²) in [5.41, 5.74) is 4.25. The van der Waals surface area contributed by atoms with Gasteiger partial charge in [0.2, 0.25) is 10.0 Å². The SMILES string of the molecule is COc1ccc(C)cc1NC(=O)c1cccc(CN2CCN(S(=O)(=O)c3ccc(C)cc3)CC2)c1. The molecule has 1 amide bonds. The van der Waals surface area contributed by atoms with Crippen LogP contribution in [0.15, 0.2) is 71.6 Å². The minimum absolute atomic E-state index is 0.204. The number of ether oxygens (including phenoxy) is 1. The quantitative estimate of drug-likeness (QED) is 0.537. The lowest BCUT2D eigenvalue weighted by Crippen LogP contribution is -2.48. The first kappa shape index (κ1) is 24.9. The van der Waals surface area contributed by atoms with Gasteiger partial charge in [0, 0.05) is 38.3 Å². The van der Waals surface area contributed by atoms with Crippen molar-refractivity contribution in [2.75, 3.05) is 38.6 Å². The molecule has 0 saturated carbocycles. The summed E-state index contributed by atoms with van der Waals surface area (Å²) in [5.74, 6) is 0.406. The Morgan fingerprint density at radius 3 is 2.29 bits per heavy atom. The van der Waals surface area contributed by atoms with Crippen LogP contribution in [0, 0.1) is 13.8 Å². The van der Waals surface area contributed by atoms with Gasteiger partial charge >= 0.3 is 0 Å². The van der Waals surface area contributed by atoms with Crippen molar-refractivity contribution in [2.24, 2.45) is 0 Å². The first-order valence-corrected chi connectivity index (χ1v) is 13.0. The molecule has 1 heterocycles. The zero-order chi connectivity index (χ0) is 25.0. The Kier molecular flexibility index (Phi) is 7.54. The molecule has 184 valence electrons. The number of sulfonamides is 1. The summed E-state index contributed by atoms with van der Waals surface area (Å²) in [6, 6.07) is 20.1. The fourth-order valence-corrected chi connectivity index (χ4v) is 5.59. The van der Waals surface area contributed by atoms with E-state index in [4.69, 9.17) is 4.74 Å². The van der Waals surface area contributed by atoms with E-state index >= 15 is 0 Å². The Labute approximate surface area is 207 Å². The molecular formula is C27H31N3O4S. The van der Waals surface area contributed by atoms with Crippen LogP contribution in [0.1, 0.15) is 27.0 Å². The van der Waals surface area contributed by atoms with Crippen LogP contribution in [-0.2, 0) is 16.6 Å². The van der Waals surface area contributed by atoms with Crippen molar-refractivity contribution in [1.29, 1.82) is 0 Å². The zero-order valence-corrected chi connectivity index (χ0v) is 21.1. The average Bonchev–Trinajstić information content (AvgIpc) is 2.85. The second kappa shape index (κ2) is 10.6. The highest BCUT2D eigenvalue weighted by Gasteiger charge is 2.28. The summed E-state index contributed by atoms with van der Waals surface area (Å²) >= 11 is 0. The maximum absolute atomic E-state index is 13.0. The number of carbonyl (C=O) groups excluding carboxylic acids is 1. The zero-order valence-electron chi connectivity index (χ0n) is 20.3. The van der Waals surface area contributed by atoms with E-state index in [9.17, 15) is 13.2 Å². The highest BCUT2D eigenvalue weighted by Crippen LogP contribution is 2.26. The van der Waals surface area contributed by atoms with Gasteiger partial charge in [-0.25, -0.2) is 8.42 Å². The van der Waals surface area contributed by atoms with Crippen LogP contribution in [0.2, 0.25) is 0 Å². The Morgan fingerprint density at radius 2 is 1.60 bits per heavy atom. The monoisotopic (exact) mass is 493 g/mol. The van der Waals surface area contributed by atoms with E-state index in [1.54, 1.807) is 29.6 Å². The van der Waals surface area contributed by atoms with Crippen molar-refractivity contribution >= 4 is 21.6 Å². The Hall–Kier alpha value is -3.20. The molecule has 0 bridgehead atoms. The van der Waals surface area contributed by atoms with Crippen molar-refractivity contribution in [3.8, 4) is 5.75 Å². The molecule has 0 unspecified atom stereocenters. The van der Waals surface area contributed by atoms with Crippen LogP contribution in [0.3, 0.4) is 0 Å². The maximum atomic E-state index is 13.0. The Morgan fingerprint density at radius 1 is 0.914 bits per heavy atom. The average molecular weight is 494 g/mol. The second-order valence-electron chi connectivity index (χ2n) is 8.85. The van der Waals surface area contributed by atoms with E-state index in [1.807, 2.05) is 62.4 Å². The standard InChI is InChI=1S/C27H31N3O4S/c1-20-7-10-24(11-8-20)35(32,33)30-15-13-29(14-16-30)19-22-5-4-6-23(18-22)27(31)28-25-17-21(2)9-12-26(25)34-3/h4-12,17-18H,13-16,19H2,1-3H3,(H,28,31). The van der Waals surface area contributed by atoms with E-state index in [0.717, 1.165) is 16.7 Å². The smallest absolute Gasteiger partial charge is 0.255 e. The van der Waals surface area contributed by atoms with E-state index in [2.05, 4.69) is 10.2 Å². The van der Waals surface area contributed by atoms with Gasteiger partial charge in [-0.15, -0.1) is 0 Å². The van der Waals surface area contributed by atoms with Crippen LogP contribution in [0.5, 0.6) is 5.75 Å². The molecule has 8 heteroatoms. The first-order valence-electron chi connectivity index (χ1n) is 11.6. The van der Waals surface area contributed by atoms with Gasteiger partial charge in [-0.3, -0.25) is 9.69 Å². The summed E-state index contributed by atoms with van der Waals surface area (Å²) in [6.45, 7) is 6.67. The topological polar surface area (TPSA) is 79.0 Å². The molecule has 1 fully saturated rings. The van der Waals surface area contributed by atoms with Crippen LogP contribution in [0.4, 0.5) is 5.69 Å². The molecule has 0 aliphatic carbocycles. The van der Waals surface area contributed by atoms with Crippen LogP contribution in [-0.4, -0.2) is 56.8 Å². The number of anilines is 1. The molecule has 4 rings (SSSR count). The Balaban J connectivity index is 1.38. The number of benzene rings is 3. The summed E-state index contributed by atoms with van der Waals surface area (Å²) in [7, 11) is -1.91. The van der Waals surface area contributed by atoms with Crippen LogP contribution >= 0.6 is 0 Å². The van der Waals surface area contributed by atoms with Gasteiger partial charge in [0.05, 0.1) is 17.7 Å². The van der Waals surface area contributed by atoms with E-state index < -0.39 is 10.0 Å². The van der Waals surface area contributed by atoms with Crippen molar-refractivity contribution in [3.63, 3.8) is 0 Å². The number of aryl methyl sites for hydroxylation is 2. The van der Waals surface area contributed by atoms with E-state index in [1.165, 1.54) is 0 Å². The lowest BCUT2D eigenvalue weighted by Gasteiger charge is -2.34. The molecule has 0 spiro atoms. The minimum atomic E-state index is -3.49. The third kappa shape index (κ3) is 5.90. The van der Waals surface area contributed by atoms with E-state index in [-0.39, 0.29) is 5.91 Å². The van der Waals surface area contributed by atoms with Gasteiger partial charge in [0.15, 0.2) is 0 Å². The molecule has 1 saturated heterocycles. The number of amides is 1. The lowest BCUT2D eigenvalue weighted by atomic mass is 10.1. The second-order valence-corrected chi connectivity index (χ2v) is 10.8. The summed E-state index contributed by atoms with van der Waals surface area (Å²) < 4.78 is 32.8. The molecule has 35 heavy (non-hydrogen) atoms. The number of nitrogens with one attached hydrogen (secondary N) is 1. The molecule has 1 aliphatic rings. The summed E-state index contributed by atoms with van der Waals surface area (Å²) in [5, 5.41) is 2.94. The number of piperazine rings is 1. The normalized spacial score (nSPS) is 15.1. The molecule has 0 aromatic heterocycles. The van der Waals surface area contributed by atoms with Crippen molar-refractivity contribution in [1.82, 2.24) is 9.21 Å². The predicted molar refractivity (Wildman–Crippen MR) is 137 cm³/mol. The molecule has 3 aromatic rings. The summed E-state index contributed by atoms with van der Waals surface area (Å²) in [6.07, 6.45) is 0. The molecule has 3 aromatic carbocycles. The van der Waals surface area contributed by atoms with Gasteiger partial charge < -0.3 is 10.1 Å². The van der Waals surface area contributed by atoms with Crippen molar-refractivity contribution in [3.05, 3.63) is 89.0 Å². The van der Waals surface area contributed by atoms with E-state index in [0.29, 0.717) is 54.6 Å². The highest BCUT2D eigenvalue weighted by atomic mass is 32.2. The van der Waals surface area contributed by atoms with Gasteiger partial charge in [-0.1, -0.05) is 35.9 Å². The first-order chi connectivity index (χ1) is 16.8. The molecular weight excluding hydrogens is 462 g/mol. The number of methoxy groups -OCH3 is 1. The van der Waals surface area contributed by atoms with Crippen LogP contribution < -0.4 is 10.1 Å². The third-order valence-corrected chi connectivity index (χ3v) is 8.10. The van der Waals surface area contributed by atoms with Crippen molar-refractivity contribution < 1.29 is 17.9 Å². The molecule has 0 atom stereocenters. The minimum Gasteiger partial charge on any atom is -0.495 e. The maximum Gasteiger partial charge on any atom is 0.255 e. The fourth-order valence-electron chi connectivity index (χ4n) is 4.17. The van der Waals surface area contributed by atoms with Gasteiger partial charge in [0.25, 0.3) is 5.91 Å². The largest absolute Gasteiger partial charge is 0.495 e. The lowest BCUT2D eigenvalue weighted by molar-refractivity contribution is 0.102. The van der Waals surface area contributed by atoms with Gasteiger partial charge in [0.1, 0.15) is 5.75 Å². The Bertz CT molecular complexity index is 1300. The van der Waals surface area contributed by atoms with Gasteiger partial charge in [-0.05, 0) is 61.4 Å². The molecule has 1 N–H and O–H groups in total. The number of hydrogen-bond acceptors (Lipinski definition) is 5. The predicted octanol–water partition coefficient (Wildman–Crippen LogP) is 4.07. The number of nitrogens with zero attached hydrogens (tertiary/aromatic N) is 2. The van der Waals surface area contributed by atoms with Gasteiger partial charge in [-0.2, -0.15) is 4.31 Å². The number of hydrogen-bond donors (Lipinski definition) is 1. The fraction of sp³-hybridized carbons (Fsp3) is 0.296. The summed E-state index contributed by atoms with van der Waals surface area (Å²) in [4.78, 5) is 15.4. The third-order valence-electron chi connectivity index (χ3n) is 6.19. The number of carbonyl (C=O) groups is 1. The number of rotatable bonds is 7. The molecule has 0 radical (unpaired) electrons. The van der Waals surface area contributed by atoms with Crippen molar-refractivity contribution in [2.45, 2.75) is 25.3 Å². The highest BCUT2D eigenvalue weighted by molar-refractivity contribution is 7.89. The molecule has 1 aliphatic heterocycles.